The number of benzene rings is 1. The van der Waals surface area contributed by atoms with Gasteiger partial charge in [0.05, 0.1) is 5.69 Å². The maximum Gasteiger partial charge on any atom is 0.420 e. The molecular weight excluding hydrogens is 269 g/mol. The number of halogens is 4. The fourth-order valence-electron chi connectivity index (χ4n) is 1.44. The van der Waals surface area contributed by atoms with Gasteiger partial charge in [-0.1, -0.05) is 18.2 Å². The van der Waals surface area contributed by atoms with Crippen molar-refractivity contribution in [1.82, 2.24) is 9.78 Å². The van der Waals surface area contributed by atoms with Gasteiger partial charge in [0.1, 0.15) is 5.56 Å². The lowest BCUT2D eigenvalue weighted by Gasteiger charge is -2.02. The normalized spacial score (nSPS) is 11.6. The lowest BCUT2D eigenvalue weighted by molar-refractivity contribution is -0.137. The SMILES string of the molecule is O=C(Cl)c1nn(-c2ccccc2)cc1C(F)(F)F. The van der Waals surface area contributed by atoms with Crippen LogP contribution in [0.3, 0.4) is 0 Å². The van der Waals surface area contributed by atoms with Gasteiger partial charge in [-0.25, -0.2) is 4.68 Å². The van der Waals surface area contributed by atoms with Crippen LogP contribution in [0.15, 0.2) is 36.5 Å². The van der Waals surface area contributed by atoms with Crippen LogP contribution in [-0.2, 0) is 6.18 Å². The summed E-state index contributed by atoms with van der Waals surface area (Å²) in [6, 6.07) is 8.13. The van der Waals surface area contributed by atoms with Crippen molar-refractivity contribution in [3.8, 4) is 5.69 Å². The molecule has 2 aromatic rings. The number of rotatable bonds is 2. The third kappa shape index (κ3) is 2.38. The summed E-state index contributed by atoms with van der Waals surface area (Å²) < 4.78 is 39.0. The Bertz CT molecular complexity index is 578. The van der Waals surface area contributed by atoms with Gasteiger partial charge >= 0.3 is 6.18 Å². The van der Waals surface area contributed by atoms with Crippen LogP contribution in [0.25, 0.3) is 5.69 Å². The summed E-state index contributed by atoms with van der Waals surface area (Å²) in [7, 11) is 0. The number of hydrogen-bond acceptors (Lipinski definition) is 2. The quantitative estimate of drug-likeness (QED) is 0.788. The first-order valence-electron chi connectivity index (χ1n) is 4.81. The fourth-order valence-corrected chi connectivity index (χ4v) is 1.58. The summed E-state index contributed by atoms with van der Waals surface area (Å²) in [6.07, 6.45) is -3.93. The summed E-state index contributed by atoms with van der Waals surface area (Å²) in [5.41, 5.74) is -1.54. The number of carbonyl (C=O) groups excluding carboxylic acids is 1. The molecule has 7 heteroatoms. The third-order valence-corrected chi connectivity index (χ3v) is 2.41. The number of aromatic nitrogens is 2. The van der Waals surface area contributed by atoms with E-state index >= 15 is 0 Å². The molecular formula is C11H6ClF3N2O. The molecule has 1 aromatic heterocycles. The van der Waals surface area contributed by atoms with Crippen molar-refractivity contribution in [2.24, 2.45) is 0 Å². The molecule has 0 saturated heterocycles. The third-order valence-electron chi connectivity index (χ3n) is 2.23. The van der Waals surface area contributed by atoms with Crippen molar-refractivity contribution in [3.05, 3.63) is 47.8 Å². The molecule has 2 rings (SSSR count). The average Bonchev–Trinajstić information content (AvgIpc) is 2.74. The van der Waals surface area contributed by atoms with Crippen LogP contribution in [0.1, 0.15) is 16.1 Å². The minimum Gasteiger partial charge on any atom is -0.274 e. The molecule has 0 fully saturated rings. The highest BCUT2D eigenvalue weighted by molar-refractivity contribution is 6.67. The van der Waals surface area contributed by atoms with Crippen molar-refractivity contribution in [3.63, 3.8) is 0 Å². The molecule has 94 valence electrons. The van der Waals surface area contributed by atoms with Crippen LogP contribution in [0, 0.1) is 0 Å². The van der Waals surface area contributed by atoms with Crippen LogP contribution in [-0.4, -0.2) is 15.0 Å². The van der Waals surface area contributed by atoms with E-state index in [2.05, 4.69) is 5.10 Å². The Balaban J connectivity index is 2.57. The van der Waals surface area contributed by atoms with E-state index in [0.29, 0.717) is 5.69 Å². The van der Waals surface area contributed by atoms with Crippen LogP contribution >= 0.6 is 11.6 Å². The zero-order valence-corrected chi connectivity index (χ0v) is 9.53. The van der Waals surface area contributed by atoms with Gasteiger partial charge in [-0.3, -0.25) is 4.79 Å². The number of hydrogen-bond donors (Lipinski definition) is 0. The Morgan fingerprint density at radius 3 is 2.28 bits per heavy atom. The van der Waals surface area contributed by atoms with E-state index in [9.17, 15) is 18.0 Å². The predicted octanol–water partition coefficient (Wildman–Crippen LogP) is 3.27. The first-order valence-corrected chi connectivity index (χ1v) is 5.19. The molecule has 0 aliphatic rings. The highest BCUT2D eigenvalue weighted by Crippen LogP contribution is 2.32. The van der Waals surface area contributed by atoms with E-state index in [0.717, 1.165) is 10.9 Å². The van der Waals surface area contributed by atoms with Crippen molar-refractivity contribution in [1.29, 1.82) is 0 Å². The largest absolute Gasteiger partial charge is 0.420 e. The fraction of sp³-hybridized carbons (Fsp3) is 0.0909. The Morgan fingerprint density at radius 2 is 1.83 bits per heavy atom. The lowest BCUT2D eigenvalue weighted by atomic mass is 10.2. The van der Waals surface area contributed by atoms with E-state index in [1.807, 2.05) is 0 Å². The van der Waals surface area contributed by atoms with Crippen molar-refractivity contribution in [2.45, 2.75) is 6.18 Å². The Hall–Kier alpha value is -1.82. The molecule has 0 atom stereocenters. The maximum atomic E-state index is 12.7. The van der Waals surface area contributed by atoms with E-state index in [4.69, 9.17) is 11.6 Å². The number of alkyl halides is 3. The highest BCUT2D eigenvalue weighted by Gasteiger charge is 2.38. The standard InChI is InChI=1S/C11H6ClF3N2O/c12-10(18)9-8(11(13,14)15)6-17(16-9)7-4-2-1-3-5-7/h1-6H. The molecule has 0 unspecified atom stereocenters. The van der Waals surface area contributed by atoms with Crippen molar-refractivity contribution in [2.75, 3.05) is 0 Å². The van der Waals surface area contributed by atoms with Crippen molar-refractivity contribution < 1.29 is 18.0 Å². The van der Waals surface area contributed by atoms with Gasteiger partial charge in [-0.2, -0.15) is 18.3 Å². The Labute approximate surface area is 105 Å². The Kier molecular flexibility index (Phi) is 3.13. The van der Waals surface area contributed by atoms with E-state index in [-0.39, 0.29) is 0 Å². The summed E-state index contributed by atoms with van der Waals surface area (Å²) in [5.74, 6) is 0. The predicted molar refractivity (Wildman–Crippen MR) is 58.7 cm³/mol. The minimum atomic E-state index is -4.67. The van der Waals surface area contributed by atoms with E-state index in [1.54, 1.807) is 30.3 Å². The smallest absolute Gasteiger partial charge is 0.274 e. The topological polar surface area (TPSA) is 34.9 Å². The summed E-state index contributed by atoms with van der Waals surface area (Å²) in [5, 5.41) is 2.32. The first kappa shape index (κ1) is 12.6. The maximum absolute atomic E-state index is 12.7. The van der Waals surface area contributed by atoms with Gasteiger partial charge in [0, 0.05) is 6.20 Å². The van der Waals surface area contributed by atoms with Crippen LogP contribution < -0.4 is 0 Å². The monoisotopic (exact) mass is 274 g/mol. The lowest BCUT2D eigenvalue weighted by Crippen LogP contribution is -2.08. The van der Waals surface area contributed by atoms with E-state index < -0.39 is 22.7 Å². The van der Waals surface area contributed by atoms with Gasteiger partial charge < -0.3 is 0 Å². The molecule has 1 aromatic carbocycles. The second kappa shape index (κ2) is 4.45. The molecule has 18 heavy (non-hydrogen) atoms. The average molecular weight is 275 g/mol. The minimum absolute atomic E-state index is 0.409. The number of para-hydroxylation sites is 1. The second-order valence-electron chi connectivity index (χ2n) is 3.44. The van der Waals surface area contributed by atoms with Gasteiger partial charge in [-0.05, 0) is 23.7 Å². The van der Waals surface area contributed by atoms with Gasteiger partial charge in [0.25, 0.3) is 5.24 Å². The Morgan fingerprint density at radius 1 is 1.22 bits per heavy atom. The zero-order chi connectivity index (χ0) is 13.3. The molecule has 0 bridgehead atoms. The first-order chi connectivity index (χ1) is 8.39. The van der Waals surface area contributed by atoms with Gasteiger partial charge in [0.15, 0.2) is 5.69 Å². The molecule has 1 heterocycles. The number of nitrogens with zero attached hydrogens (tertiary/aromatic N) is 2. The molecule has 0 aliphatic carbocycles. The van der Waals surface area contributed by atoms with Crippen LogP contribution in [0.4, 0.5) is 13.2 Å². The molecule has 0 aliphatic heterocycles. The highest BCUT2D eigenvalue weighted by atomic mass is 35.5. The van der Waals surface area contributed by atoms with Crippen LogP contribution in [0.5, 0.6) is 0 Å². The van der Waals surface area contributed by atoms with Gasteiger partial charge in [-0.15, -0.1) is 0 Å². The van der Waals surface area contributed by atoms with Gasteiger partial charge in [0.2, 0.25) is 0 Å². The summed E-state index contributed by atoms with van der Waals surface area (Å²) >= 11 is 5.10. The van der Waals surface area contributed by atoms with Crippen LogP contribution in [0.2, 0.25) is 0 Å². The molecule has 0 amide bonds. The molecule has 0 N–H and O–H groups in total. The zero-order valence-electron chi connectivity index (χ0n) is 8.78. The summed E-state index contributed by atoms with van der Waals surface area (Å²) in [6.45, 7) is 0. The number of carbonyl (C=O) groups is 1. The molecule has 0 saturated carbocycles. The molecule has 0 spiro atoms. The second-order valence-corrected chi connectivity index (χ2v) is 3.79. The molecule has 0 radical (unpaired) electrons. The molecule has 3 nitrogen and oxygen atoms in total. The van der Waals surface area contributed by atoms with Crippen molar-refractivity contribution >= 4 is 16.8 Å². The summed E-state index contributed by atoms with van der Waals surface area (Å²) in [4.78, 5) is 10.9. The van der Waals surface area contributed by atoms with E-state index in [1.165, 1.54) is 0 Å².